The molecule has 0 atom stereocenters. The molecule has 0 amide bonds. The lowest BCUT2D eigenvalue weighted by Gasteiger charge is -2.20. The standard InChI is InChI=1S/C13H14BrN3/c1-17(9-11-4-2-3-7-16-11)13-6-5-10(14)8-12(13)15/h2-8H,9,15H2,1H3. The molecule has 0 aliphatic carbocycles. The van der Waals surface area contributed by atoms with Crippen LogP contribution < -0.4 is 10.6 Å². The van der Waals surface area contributed by atoms with Crippen LogP contribution in [0.1, 0.15) is 5.69 Å². The van der Waals surface area contributed by atoms with Crippen LogP contribution in [-0.4, -0.2) is 12.0 Å². The van der Waals surface area contributed by atoms with E-state index >= 15 is 0 Å². The summed E-state index contributed by atoms with van der Waals surface area (Å²) in [4.78, 5) is 6.39. The molecule has 88 valence electrons. The molecule has 3 nitrogen and oxygen atoms in total. The minimum absolute atomic E-state index is 0.743. The molecule has 0 fully saturated rings. The van der Waals surface area contributed by atoms with Gasteiger partial charge in [-0.3, -0.25) is 4.98 Å². The third-order valence-electron chi connectivity index (χ3n) is 2.53. The van der Waals surface area contributed by atoms with Gasteiger partial charge in [-0.2, -0.15) is 0 Å². The Balaban J connectivity index is 2.17. The van der Waals surface area contributed by atoms with Crippen molar-refractivity contribution in [3.8, 4) is 0 Å². The SMILES string of the molecule is CN(Cc1ccccn1)c1ccc(Br)cc1N. The van der Waals surface area contributed by atoms with Gasteiger partial charge in [-0.15, -0.1) is 0 Å². The number of anilines is 2. The predicted molar refractivity (Wildman–Crippen MR) is 74.9 cm³/mol. The van der Waals surface area contributed by atoms with Gasteiger partial charge in [0.05, 0.1) is 23.6 Å². The Morgan fingerprint density at radius 1 is 1.29 bits per heavy atom. The fourth-order valence-electron chi connectivity index (χ4n) is 1.69. The van der Waals surface area contributed by atoms with Crippen molar-refractivity contribution >= 4 is 27.3 Å². The number of hydrogen-bond donors (Lipinski definition) is 1. The average molecular weight is 292 g/mol. The summed E-state index contributed by atoms with van der Waals surface area (Å²) >= 11 is 3.40. The normalized spacial score (nSPS) is 10.2. The summed E-state index contributed by atoms with van der Waals surface area (Å²) < 4.78 is 0.991. The van der Waals surface area contributed by atoms with Crippen LogP contribution in [0.3, 0.4) is 0 Å². The Kier molecular flexibility index (Phi) is 3.64. The molecule has 0 spiro atoms. The average Bonchev–Trinajstić information content (AvgIpc) is 2.30. The first-order chi connectivity index (χ1) is 8.16. The maximum absolute atomic E-state index is 5.98. The number of hydrogen-bond acceptors (Lipinski definition) is 3. The Morgan fingerprint density at radius 2 is 2.12 bits per heavy atom. The summed E-state index contributed by atoms with van der Waals surface area (Å²) in [5.74, 6) is 0. The summed E-state index contributed by atoms with van der Waals surface area (Å²) in [6.07, 6.45) is 1.80. The monoisotopic (exact) mass is 291 g/mol. The molecule has 0 bridgehead atoms. The fraction of sp³-hybridized carbons (Fsp3) is 0.154. The van der Waals surface area contributed by atoms with E-state index in [1.165, 1.54) is 0 Å². The first kappa shape index (κ1) is 11.9. The van der Waals surface area contributed by atoms with E-state index in [1.54, 1.807) is 6.20 Å². The Hall–Kier alpha value is -1.55. The highest BCUT2D eigenvalue weighted by atomic mass is 79.9. The number of halogens is 1. The van der Waals surface area contributed by atoms with Gasteiger partial charge in [0.25, 0.3) is 0 Å². The molecule has 0 aliphatic heterocycles. The van der Waals surface area contributed by atoms with Gasteiger partial charge in [-0.05, 0) is 30.3 Å². The van der Waals surface area contributed by atoms with Gasteiger partial charge in [0.15, 0.2) is 0 Å². The summed E-state index contributed by atoms with van der Waals surface area (Å²) in [5.41, 5.74) is 8.78. The Labute approximate surface area is 109 Å². The molecule has 2 N–H and O–H groups in total. The maximum Gasteiger partial charge on any atom is 0.0601 e. The molecule has 17 heavy (non-hydrogen) atoms. The smallest absolute Gasteiger partial charge is 0.0601 e. The second kappa shape index (κ2) is 5.19. The number of rotatable bonds is 3. The second-order valence-corrected chi connectivity index (χ2v) is 4.80. The van der Waals surface area contributed by atoms with Crippen molar-refractivity contribution in [2.24, 2.45) is 0 Å². The zero-order chi connectivity index (χ0) is 12.3. The molecule has 1 heterocycles. The minimum Gasteiger partial charge on any atom is -0.397 e. The molecule has 1 aromatic carbocycles. The Morgan fingerprint density at radius 3 is 2.76 bits per heavy atom. The highest BCUT2D eigenvalue weighted by molar-refractivity contribution is 9.10. The molecule has 2 aromatic rings. The molecule has 4 heteroatoms. The van der Waals surface area contributed by atoms with Gasteiger partial charge >= 0.3 is 0 Å². The van der Waals surface area contributed by atoms with Crippen LogP contribution in [0.25, 0.3) is 0 Å². The summed E-state index contributed by atoms with van der Waals surface area (Å²) in [5, 5.41) is 0. The third kappa shape index (κ3) is 2.97. The Bertz CT molecular complexity index is 499. The van der Waals surface area contributed by atoms with E-state index in [9.17, 15) is 0 Å². The number of nitrogens with two attached hydrogens (primary N) is 1. The summed E-state index contributed by atoms with van der Waals surface area (Å²) in [7, 11) is 2.01. The zero-order valence-electron chi connectivity index (χ0n) is 9.60. The lowest BCUT2D eigenvalue weighted by atomic mass is 10.2. The van der Waals surface area contributed by atoms with Crippen molar-refractivity contribution in [1.82, 2.24) is 4.98 Å². The van der Waals surface area contributed by atoms with E-state index in [0.29, 0.717) is 0 Å². The number of nitrogen functional groups attached to an aromatic ring is 1. The first-order valence-corrected chi connectivity index (χ1v) is 6.12. The molecule has 2 rings (SSSR count). The van der Waals surface area contributed by atoms with Crippen molar-refractivity contribution < 1.29 is 0 Å². The molecule has 0 aliphatic rings. The quantitative estimate of drug-likeness (QED) is 0.884. The van der Waals surface area contributed by atoms with Gasteiger partial charge in [0, 0.05) is 17.7 Å². The highest BCUT2D eigenvalue weighted by Gasteiger charge is 2.06. The van der Waals surface area contributed by atoms with Crippen LogP contribution in [0.5, 0.6) is 0 Å². The van der Waals surface area contributed by atoms with Crippen molar-refractivity contribution in [2.45, 2.75) is 6.54 Å². The number of aromatic nitrogens is 1. The van der Waals surface area contributed by atoms with Gasteiger partial charge in [-0.25, -0.2) is 0 Å². The van der Waals surface area contributed by atoms with Crippen LogP contribution in [0.2, 0.25) is 0 Å². The van der Waals surface area contributed by atoms with Crippen LogP contribution in [0.15, 0.2) is 47.1 Å². The summed E-state index contributed by atoms with van der Waals surface area (Å²) in [6.45, 7) is 0.743. The lowest BCUT2D eigenvalue weighted by molar-refractivity contribution is 0.886. The van der Waals surface area contributed by atoms with Crippen LogP contribution in [0.4, 0.5) is 11.4 Å². The van der Waals surface area contributed by atoms with Gasteiger partial charge < -0.3 is 10.6 Å². The van der Waals surface area contributed by atoms with Crippen molar-refractivity contribution in [3.63, 3.8) is 0 Å². The largest absolute Gasteiger partial charge is 0.397 e. The molecular weight excluding hydrogens is 278 g/mol. The van der Waals surface area contributed by atoms with Gasteiger partial charge in [0.1, 0.15) is 0 Å². The van der Waals surface area contributed by atoms with E-state index in [-0.39, 0.29) is 0 Å². The number of nitrogens with zero attached hydrogens (tertiary/aromatic N) is 2. The maximum atomic E-state index is 5.98. The van der Waals surface area contributed by atoms with Crippen LogP contribution >= 0.6 is 15.9 Å². The van der Waals surface area contributed by atoms with Gasteiger partial charge in [0.2, 0.25) is 0 Å². The molecule has 1 aromatic heterocycles. The topological polar surface area (TPSA) is 42.2 Å². The van der Waals surface area contributed by atoms with Crippen molar-refractivity contribution in [3.05, 3.63) is 52.8 Å². The lowest BCUT2D eigenvalue weighted by Crippen LogP contribution is -2.18. The number of benzene rings is 1. The second-order valence-electron chi connectivity index (χ2n) is 3.88. The van der Waals surface area contributed by atoms with E-state index in [4.69, 9.17) is 5.73 Å². The van der Waals surface area contributed by atoms with Gasteiger partial charge in [-0.1, -0.05) is 22.0 Å². The van der Waals surface area contributed by atoms with Crippen LogP contribution in [0, 0.1) is 0 Å². The third-order valence-corrected chi connectivity index (χ3v) is 3.02. The minimum atomic E-state index is 0.743. The van der Waals surface area contributed by atoms with Crippen molar-refractivity contribution in [1.29, 1.82) is 0 Å². The summed E-state index contributed by atoms with van der Waals surface area (Å²) in [6, 6.07) is 11.8. The van der Waals surface area contributed by atoms with E-state index in [0.717, 1.165) is 28.1 Å². The molecular formula is C13H14BrN3. The molecule has 0 saturated carbocycles. The van der Waals surface area contributed by atoms with Crippen molar-refractivity contribution in [2.75, 3.05) is 17.7 Å². The van der Waals surface area contributed by atoms with E-state index in [2.05, 4.69) is 25.8 Å². The van der Waals surface area contributed by atoms with E-state index in [1.807, 2.05) is 43.4 Å². The predicted octanol–water partition coefficient (Wildman–Crippen LogP) is 3.06. The molecule has 0 unspecified atom stereocenters. The molecule has 0 radical (unpaired) electrons. The zero-order valence-corrected chi connectivity index (χ0v) is 11.2. The molecule has 0 saturated heterocycles. The van der Waals surface area contributed by atoms with E-state index < -0.39 is 0 Å². The first-order valence-electron chi connectivity index (χ1n) is 5.33. The highest BCUT2D eigenvalue weighted by Crippen LogP contribution is 2.26. The van der Waals surface area contributed by atoms with Crippen LogP contribution in [-0.2, 0) is 6.54 Å². The number of pyridine rings is 1. The fourth-order valence-corrected chi connectivity index (χ4v) is 2.07.